The van der Waals surface area contributed by atoms with Gasteiger partial charge in [0.15, 0.2) is 5.17 Å². The average molecular weight is 470 g/mol. The van der Waals surface area contributed by atoms with E-state index in [2.05, 4.69) is 10.3 Å². The number of rotatable bonds is 6. The van der Waals surface area contributed by atoms with Gasteiger partial charge in [0, 0.05) is 17.3 Å². The number of ether oxygens (including phenoxy) is 1. The molecule has 5 rings (SSSR count). The van der Waals surface area contributed by atoms with Gasteiger partial charge in [-0.2, -0.15) is 0 Å². The second-order valence-corrected chi connectivity index (χ2v) is 10.00. The van der Waals surface area contributed by atoms with Crippen molar-refractivity contribution in [3.63, 3.8) is 0 Å². The largest absolute Gasteiger partial charge is 0.463 e. The monoisotopic (exact) mass is 469 g/mol. The first-order valence-corrected chi connectivity index (χ1v) is 12.5. The quantitative estimate of drug-likeness (QED) is 0.614. The minimum Gasteiger partial charge on any atom is -0.463 e. The number of nitrogens with one attached hydrogen (secondary N) is 1. The second kappa shape index (κ2) is 8.97. The molecule has 4 aliphatic rings. The van der Waals surface area contributed by atoms with Crippen molar-refractivity contribution in [1.82, 2.24) is 10.2 Å². The Labute approximate surface area is 197 Å². The molecule has 2 bridgehead atoms. The lowest BCUT2D eigenvalue weighted by molar-refractivity contribution is -0.139. The highest BCUT2D eigenvalue weighted by atomic mass is 32.2. The molecule has 0 spiro atoms. The zero-order valence-electron chi connectivity index (χ0n) is 18.8. The Morgan fingerprint density at radius 1 is 1.27 bits per heavy atom. The van der Waals surface area contributed by atoms with E-state index in [1.807, 2.05) is 10.3 Å². The maximum absolute atomic E-state index is 15.0. The Morgan fingerprint density at radius 3 is 2.79 bits per heavy atom. The molecule has 0 unspecified atom stereocenters. The number of nitrogens with zero attached hydrogens (tertiary/aromatic N) is 2. The summed E-state index contributed by atoms with van der Waals surface area (Å²) < 4.78 is 20.3. The summed E-state index contributed by atoms with van der Waals surface area (Å²) in [6.07, 6.45) is 4.90. The molecule has 2 aliphatic carbocycles. The summed E-state index contributed by atoms with van der Waals surface area (Å²) >= 11 is 1.39. The van der Waals surface area contributed by atoms with Gasteiger partial charge in [-0.15, -0.1) is 0 Å². The Bertz CT molecular complexity index is 1080. The van der Waals surface area contributed by atoms with Crippen molar-refractivity contribution < 1.29 is 18.7 Å². The number of halogens is 1. The number of amides is 1. The minimum absolute atomic E-state index is 0.0445. The number of aliphatic imine (C=N–C) groups is 1. The molecule has 0 saturated heterocycles. The summed E-state index contributed by atoms with van der Waals surface area (Å²) in [6, 6.07) is 5.93. The van der Waals surface area contributed by atoms with Crippen molar-refractivity contribution in [2.24, 2.45) is 16.8 Å². The van der Waals surface area contributed by atoms with Gasteiger partial charge in [0.05, 0.1) is 30.3 Å². The number of fused-ring (bicyclic) bond motifs is 3. The molecule has 0 radical (unpaired) electrons. The van der Waals surface area contributed by atoms with Crippen LogP contribution < -0.4 is 5.32 Å². The van der Waals surface area contributed by atoms with E-state index in [1.54, 1.807) is 32.0 Å². The molecule has 1 amide bonds. The Morgan fingerprint density at radius 2 is 2.09 bits per heavy atom. The van der Waals surface area contributed by atoms with Crippen LogP contribution in [0.2, 0.25) is 0 Å². The van der Waals surface area contributed by atoms with Crippen molar-refractivity contribution in [1.29, 1.82) is 0 Å². The summed E-state index contributed by atoms with van der Waals surface area (Å²) in [6.45, 7) is 3.69. The normalized spacial score (nSPS) is 27.9. The Hall–Kier alpha value is -2.61. The van der Waals surface area contributed by atoms with Crippen LogP contribution in [-0.4, -0.2) is 34.6 Å². The number of allylic oxidation sites excluding steroid dienone is 1. The van der Waals surface area contributed by atoms with E-state index < -0.39 is 17.8 Å². The molecule has 174 valence electrons. The molecule has 2 heterocycles. The van der Waals surface area contributed by atoms with E-state index in [-0.39, 0.29) is 25.0 Å². The molecule has 1 aromatic rings. The fraction of sp³-hybridized carbons (Fsp3) is 0.480. The van der Waals surface area contributed by atoms with Crippen molar-refractivity contribution in [3.05, 3.63) is 58.0 Å². The molecule has 33 heavy (non-hydrogen) atoms. The first-order chi connectivity index (χ1) is 16.0. The zero-order chi connectivity index (χ0) is 23.1. The first-order valence-electron chi connectivity index (χ1n) is 11.6. The molecule has 6 nitrogen and oxygen atoms in total. The standard InChI is InChI=1S/C25H28FN3O3S/c1-3-32-24(31)22-14(2)27-25-29(23(22)18-6-4-5-7-19(18)26)17(13-33-25)12-21(30)28-20-11-15-8-9-16(20)10-15/h4-7,13,15-16,20,23H,3,8-12H2,1-2H3,(H,28,30)/t15-,16-,20-,23+/m0/s1. The molecule has 4 atom stereocenters. The average Bonchev–Trinajstić information content (AvgIpc) is 3.50. The van der Waals surface area contributed by atoms with Gasteiger partial charge in [-0.1, -0.05) is 36.4 Å². The van der Waals surface area contributed by atoms with Crippen LogP contribution >= 0.6 is 11.8 Å². The topological polar surface area (TPSA) is 71.0 Å². The van der Waals surface area contributed by atoms with Crippen LogP contribution in [-0.2, 0) is 14.3 Å². The summed E-state index contributed by atoms with van der Waals surface area (Å²) in [4.78, 5) is 32.3. The summed E-state index contributed by atoms with van der Waals surface area (Å²) in [5.74, 6) is 0.352. The first kappa shape index (κ1) is 22.2. The van der Waals surface area contributed by atoms with Gasteiger partial charge < -0.3 is 15.0 Å². The summed E-state index contributed by atoms with van der Waals surface area (Å²) in [7, 11) is 0. The van der Waals surface area contributed by atoms with E-state index in [1.165, 1.54) is 37.1 Å². The number of amidine groups is 1. The third-order valence-corrected chi connectivity index (χ3v) is 8.01. The Kier molecular flexibility index (Phi) is 6.03. The van der Waals surface area contributed by atoms with Gasteiger partial charge in [0.25, 0.3) is 0 Å². The minimum atomic E-state index is -0.741. The van der Waals surface area contributed by atoms with Crippen molar-refractivity contribution in [2.45, 2.75) is 58.0 Å². The highest BCUT2D eigenvalue weighted by Crippen LogP contribution is 2.46. The van der Waals surface area contributed by atoms with Gasteiger partial charge in [0.1, 0.15) is 5.82 Å². The van der Waals surface area contributed by atoms with E-state index >= 15 is 0 Å². The van der Waals surface area contributed by atoms with Gasteiger partial charge in [-0.3, -0.25) is 4.79 Å². The highest BCUT2D eigenvalue weighted by molar-refractivity contribution is 8.16. The smallest absolute Gasteiger partial charge is 0.338 e. The predicted octanol–water partition coefficient (Wildman–Crippen LogP) is 4.66. The summed E-state index contributed by atoms with van der Waals surface area (Å²) in [5.41, 5.74) is 1.87. The molecular formula is C25H28FN3O3S. The third kappa shape index (κ3) is 4.09. The van der Waals surface area contributed by atoms with Crippen LogP contribution in [0.4, 0.5) is 4.39 Å². The molecular weight excluding hydrogens is 441 g/mol. The lowest BCUT2D eigenvalue weighted by atomic mass is 9.93. The van der Waals surface area contributed by atoms with Crippen molar-refractivity contribution in [3.8, 4) is 0 Å². The van der Waals surface area contributed by atoms with E-state index in [0.29, 0.717) is 33.6 Å². The Balaban J connectivity index is 1.43. The van der Waals surface area contributed by atoms with Gasteiger partial charge in [-0.05, 0) is 56.4 Å². The van der Waals surface area contributed by atoms with Crippen LogP contribution in [0.5, 0.6) is 0 Å². The van der Waals surface area contributed by atoms with Crippen molar-refractivity contribution >= 4 is 28.8 Å². The van der Waals surface area contributed by atoms with Gasteiger partial charge in [0.2, 0.25) is 5.91 Å². The zero-order valence-corrected chi connectivity index (χ0v) is 19.7. The fourth-order valence-electron chi connectivity index (χ4n) is 5.67. The second-order valence-electron chi connectivity index (χ2n) is 9.16. The number of hydrogen-bond donors (Lipinski definition) is 1. The van der Waals surface area contributed by atoms with Gasteiger partial charge >= 0.3 is 5.97 Å². The van der Waals surface area contributed by atoms with Crippen LogP contribution in [0.25, 0.3) is 0 Å². The lowest BCUT2D eigenvalue weighted by Gasteiger charge is -2.36. The number of carbonyl (C=O) groups excluding carboxylic acids is 2. The highest BCUT2D eigenvalue weighted by Gasteiger charge is 2.43. The fourth-order valence-corrected chi connectivity index (χ4v) is 6.64. The van der Waals surface area contributed by atoms with E-state index in [4.69, 9.17) is 4.74 Å². The van der Waals surface area contributed by atoms with E-state index in [0.717, 1.165) is 12.3 Å². The molecule has 0 aromatic heterocycles. The third-order valence-electron chi connectivity index (χ3n) is 7.12. The van der Waals surface area contributed by atoms with Crippen LogP contribution in [0, 0.1) is 17.7 Å². The molecule has 2 aliphatic heterocycles. The molecule has 2 fully saturated rings. The molecule has 1 aromatic carbocycles. The number of carbonyl (C=O) groups is 2. The maximum Gasteiger partial charge on any atom is 0.338 e. The van der Waals surface area contributed by atoms with Crippen LogP contribution in [0.3, 0.4) is 0 Å². The lowest BCUT2D eigenvalue weighted by Crippen LogP contribution is -2.41. The molecule has 1 N–H and O–H groups in total. The van der Waals surface area contributed by atoms with Crippen LogP contribution in [0.1, 0.15) is 57.6 Å². The maximum atomic E-state index is 15.0. The number of thioether (sulfide) groups is 1. The van der Waals surface area contributed by atoms with Crippen molar-refractivity contribution in [2.75, 3.05) is 6.61 Å². The molecule has 2 saturated carbocycles. The van der Waals surface area contributed by atoms with E-state index in [9.17, 15) is 14.0 Å². The number of hydrogen-bond acceptors (Lipinski definition) is 6. The molecule has 8 heteroatoms. The number of esters is 1. The predicted molar refractivity (Wildman–Crippen MR) is 125 cm³/mol. The van der Waals surface area contributed by atoms with Gasteiger partial charge in [-0.25, -0.2) is 14.2 Å². The SMILES string of the molecule is CCOC(=O)C1=C(C)N=C2SC=C(CC(=O)N[C@H]3C[C@H]4CC[C@H]3C4)N2[C@@H]1c1ccccc1F. The van der Waals surface area contributed by atoms with Crippen LogP contribution in [0.15, 0.2) is 51.6 Å². The summed E-state index contributed by atoms with van der Waals surface area (Å²) in [5, 5.41) is 5.75. The number of benzene rings is 1.